The van der Waals surface area contributed by atoms with Crippen LogP contribution < -0.4 is 10.2 Å². The number of nitro groups is 2. The Morgan fingerprint density at radius 3 is 2.44 bits per heavy atom. The molecule has 0 bridgehead atoms. The highest BCUT2D eigenvalue weighted by atomic mass is 79.9. The van der Waals surface area contributed by atoms with Crippen molar-refractivity contribution in [3.63, 3.8) is 0 Å². The summed E-state index contributed by atoms with van der Waals surface area (Å²) in [5.41, 5.74) is -0.149. The summed E-state index contributed by atoms with van der Waals surface area (Å²) in [4.78, 5) is 34.0. The molecule has 9 nitrogen and oxygen atoms in total. The van der Waals surface area contributed by atoms with Crippen molar-refractivity contribution in [2.45, 2.75) is 0 Å². The Labute approximate surface area is 150 Å². The van der Waals surface area contributed by atoms with E-state index in [1.807, 2.05) is 0 Å². The van der Waals surface area contributed by atoms with Crippen molar-refractivity contribution < 1.29 is 14.6 Å². The number of likely N-dealkylation sites (N-methyl/N-ethyl adjacent to an activating group) is 1. The molecular formula is C15H13BrN4O5. The summed E-state index contributed by atoms with van der Waals surface area (Å²) < 4.78 is 0.701. The Morgan fingerprint density at radius 1 is 1.16 bits per heavy atom. The van der Waals surface area contributed by atoms with Crippen molar-refractivity contribution >= 4 is 44.6 Å². The first-order chi connectivity index (χ1) is 11.8. The van der Waals surface area contributed by atoms with E-state index in [0.29, 0.717) is 10.2 Å². The van der Waals surface area contributed by atoms with Crippen molar-refractivity contribution in [1.29, 1.82) is 0 Å². The van der Waals surface area contributed by atoms with Gasteiger partial charge in [-0.2, -0.15) is 0 Å². The SMILES string of the molecule is CN(CC(=O)Nc1ccccc1Br)c1ccc([N+](=O)[O-])cc1[N+](=O)[O-]. The largest absolute Gasteiger partial charge is 0.360 e. The molecule has 0 heterocycles. The summed E-state index contributed by atoms with van der Waals surface area (Å²) in [5, 5.41) is 24.6. The van der Waals surface area contributed by atoms with Crippen LogP contribution in [0.15, 0.2) is 46.9 Å². The van der Waals surface area contributed by atoms with E-state index in [0.717, 1.165) is 12.1 Å². The number of amides is 1. The molecule has 0 aliphatic heterocycles. The molecule has 0 aromatic heterocycles. The van der Waals surface area contributed by atoms with Gasteiger partial charge in [0.1, 0.15) is 5.69 Å². The van der Waals surface area contributed by atoms with Crippen LogP contribution >= 0.6 is 15.9 Å². The molecule has 2 aromatic rings. The van der Waals surface area contributed by atoms with Crippen LogP contribution in [0, 0.1) is 20.2 Å². The third-order valence-electron chi connectivity index (χ3n) is 3.31. The lowest BCUT2D eigenvalue weighted by atomic mass is 10.2. The summed E-state index contributed by atoms with van der Waals surface area (Å²) in [6.07, 6.45) is 0. The van der Waals surface area contributed by atoms with E-state index >= 15 is 0 Å². The molecule has 0 saturated carbocycles. The molecule has 1 N–H and O–H groups in total. The van der Waals surface area contributed by atoms with Gasteiger partial charge in [0.2, 0.25) is 5.91 Å². The van der Waals surface area contributed by atoms with Crippen LogP contribution in [0.3, 0.4) is 0 Å². The second kappa shape index (κ2) is 7.71. The van der Waals surface area contributed by atoms with Crippen molar-refractivity contribution in [2.24, 2.45) is 0 Å². The summed E-state index contributed by atoms with van der Waals surface area (Å²) >= 11 is 3.31. The summed E-state index contributed by atoms with van der Waals surface area (Å²) in [7, 11) is 1.49. The van der Waals surface area contributed by atoms with Gasteiger partial charge in [0, 0.05) is 17.6 Å². The van der Waals surface area contributed by atoms with Crippen molar-refractivity contribution in [1.82, 2.24) is 0 Å². The van der Waals surface area contributed by atoms with Crippen molar-refractivity contribution in [2.75, 3.05) is 23.8 Å². The molecule has 0 saturated heterocycles. The molecule has 0 spiro atoms. The van der Waals surface area contributed by atoms with Gasteiger partial charge in [-0.15, -0.1) is 0 Å². The average molecular weight is 409 g/mol. The monoisotopic (exact) mass is 408 g/mol. The van der Waals surface area contributed by atoms with Crippen LogP contribution in [0.5, 0.6) is 0 Å². The number of nitro benzene ring substituents is 2. The molecule has 0 aliphatic rings. The number of hydrogen-bond acceptors (Lipinski definition) is 6. The zero-order chi connectivity index (χ0) is 18.6. The number of nitrogens with zero attached hydrogens (tertiary/aromatic N) is 3. The highest BCUT2D eigenvalue weighted by molar-refractivity contribution is 9.10. The predicted octanol–water partition coefficient (Wildman–Crippen LogP) is 3.34. The Morgan fingerprint density at radius 2 is 1.84 bits per heavy atom. The molecule has 0 radical (unpaired) electrons. The van der Waals surface area contributed by atoms with Gasteiger partial charge in [-0.25, -0.2) is 0 Å². The van der Waals surface area contributed by atoms with Gasteiger partial charge in [-0.3, -0.25) is 25.0 Å². The number of para-hydroxylation sites is 1. The minimum absolute atomic E-state index is 0.109. The number of halogens is 1. The summed E-state index contributed by atoms with van der Waals surface area (Å²) in [6, 6.07) is 10.3. The van der Waals surface area contributed by atoms with E-state index in [4.69, 9.17) is 0 Å². The first kappa shape index (κ1) is 18.3. The van der Waals surface area contributed by atoms with Crippen molar-refractivity contribution in [3.8, 4) is 0 Å². The highest BCUT2D eigenvalue weighted by Gasteiger charge is 2.23. The first-order valence-corrected chi connectivity index (χ1v) is 7.77. The quantitative estimate of drug-likeness (QED) is 0.578. The van der Waals surface area contributed by atoms with Gasteiger partial charge in [0.15, 0.2) is 0 Å². The second-order valence-electron chi connectivity index (χ2n) is 5.07. The molecule has 10 heteroatoms. The molecular weight excluding hydrogens is 396 g/mol. The zero-order valence-electron chi connectivity index (χ0n) is 13.0. The van der Waals surface area contributed by atoms with Gasteiger partial charge in [-0.1, -0.05) is 12.1 Å². The molecule has 0 atom stereocenters. The van der Waals surface area contributed by atoms with E-state index in [1.54, 1.807) is 24.3 Å². The first-order valence-electron chi connectivity index (χ1n) is 6.98. The third kappa shape index (κ3) is 4.51. The van der Waals surface area contributed by atoms with Crippen LogP contribution in [0.4, 0.5) is 22.7 Å². The molecule has 0 unspecified atom stereocenters. The average Bonchev–Trinajstić information content (AvgIpc) is 2.56. The number of carbonyl (C=O) groups excluding carboxylic acids is 1. The van der Waals surface area contributed by atoms with Crippen LogP contribution in [0.2, 0.25) is 0 Å². The fraction of sp³-hybridized carbons (Fsp3) is 0.133. The van der Waals surface area contributed by atoms with Crippen LogP contribution in [0.25, 0.3) is 0 Å². The maximum Gasteiger partial charge on any atom is 0.299 e. The number of benzene rings is 2. The standard InChI is InChI=1S/C15H13BrN4O5/c1-18(9-15(21)17-12-5-3-2-4-11(12)16)13-7-6-10(19(22)23)8-14(13)20(24)25/h2-8H,9H2,1H3,(H,17,21). The number of anilines is 2. The number of nitrogens with one attached hydrogen (secondary N) is 1. The maximum atomic E-state index is 12.2. The minimum Gasteiger partial charge on any atom is -0.360 e. The summed E-state index contributed by atoms with van der Waals surface area (Å²) in [6.45, 7) is -0.167. The summed E-state index contributed by atoms with van der Waals surface area (Å²) in [5.74, 6) is -0.387. The van der Waals surface area contributed by atoms with Crippen LogP contribution in [0.1, 0.15) is 0 Å². The van der Waals surface area contributed by atoms with E-state index in [1.165, 1.54) is 18.0 Å². The molecule has 130 valence electrons. The Hall–Kier alpha value is -3.01. The van der Waals surface area contributed by atoms with Crippen molar-refractivity contribution in [3.05, 3.63) is 67.2 Å². The molecule has 25 heavy (non-hydrogen) atoms. The molecule has 2 rings (SSSR count). The number of carbonyl (C=O) groups is 1. The third-order valence-corrected chi connectivity index (χ3v) is 4.00. The van der Waals surface area contributed by atoms with Gasteiger partial charge < -0.3 is 10.2 Å². The molecule has 0 aliphatic carbocycles. The Bertz CT molecular complexity index is 842. The lowest BCUT2D eigenvalue weighted by Crippen LogP contribution is -2.30. The number of hydrogen-bond donors (Lipinski definition) is 1. The topological polar surface area (TPSA) is 119 Å². The number of rotatable bonds is 6. The molecule has 1 amide bonds. The van der Waals surface area contributed by atoms with Gasteiger partial charge in [-0.05, 0) is 34.1 Å². The maximum absolute atomic E-state index is 12.2. The zero-order valence-corrected chi connectivity index (χ0v) is 14.6. The van der Waals surface area contributed by atoms with Crippen LogP contribution in [-0.4, -0.2) is 29.3 Å². The van der Waals surface area contributed by atoms with Gasteiger partial charge in [0.25, 0.3) is 11.4 Å². The minimum atomic E-state index is -0.718. The van der Waals surface area contributed by atoms with Crippen LogP contribution in [-0.2, 0) is 4.79 Å². The number of non-ortho nitro benzene ring substituents is 1. The fourth-order valence-electron chi connectivity index (χ4n) is 2.15. The lowest BCUT2D eigenvalue weighted by Gasteiger charge is -2.18. The van der Waals surface area contributed by atoms with Gasteiger partial charge in [0.05, 0.1) is 28.1 Å². The second-order valence-corrected chi connectivity index (χ2v) is 5.93. The highest BCUT2D eigenvalue weighted by Crippen LogP contribution is 2.31. The fourth-order valence-corrected chi connectivity index (χ4v) is 2.53. The Kier molecular flexibility index (Phi) is 5.65. The van der Waals surface area contributed by atoms with E-state index in [2.05, 4.69) is 21.2 Å². The van der Waals surface area contributed by atoms with E-state index in [-0.39, 0.29) is 23.8 Å². The molecule has 2 aromatic carbocycles. The van der Waals surface area contributed by atoms with E-state index in [9.17, 15) is 25.0 Å². The van der Waals surface area contributed by atoms with Gasteiger partial charge >= 0.3 is 0 Å². The Balaban J connectivity index is 2.18. The van der Waals surface area contributed by atoms with E-state index < -0.39 is 15.5 Å². The predicted molar refractivity (Wildman–Crippen MR) is 95.8 cm³/mol. The smallest absolute Gasteiger partial charge is 0.299 e. The normalized spacial score (nSPS) is 10.2. The lowest BCUT2D eigenvalue weighted by molar-refractivity contribution is -0.393. The molecule has 0 fully saturated rings.